The number of hydrogen-bond acceptors (Lipinski definition) is 3. The Bertz CT molecular complexity index is 746. The quantitative estimate of drug-likeness (QED) is 0.897. The average molecular weight is 351 g/mol. The van der Waals surface area contributed by atoms with Gasteiger partial charge in [-0.15, -0.1) is 0 Å². The molecule has 0 atom stereocenters. The van der Waals surface area contributed by atoms with E-state index >= 15 is 0 Å². The second-order valence-electron chi connectivity index (χ2n) is 7.33. The van der Waals surface area contributed by atoms with E-state index in [0.29, 0.717) is 6.54 Å². The molecule has 0 unspecified atom stereocenters. The number of carbonyl (C=O) groups excluding carboxylic acids is 1. The van der Waals surface area contributed by atoms with E-state index in [1.165, 1.54) is 16.7 Å². The minimum absolute atomic E-state index is 0.0747. The lowest BCUT2D eigenvalue weighted by atomic mass is 10.1. The van der Waals surface area contributed by atoms with Gasteiger partial charge in [-0.3, -0.25) is 14.6 Å². The van der Waals surface area contributed by atoms with Crippen LogP contribution in [0.2, 0.25) is 0 Å². The third kappa shape index (κ3) is 4.93. The summed E-state index contributed by atoms with van der Waals surface area (Å²) < 4.78 is 0. The highest BCUT2D eigenvalue weighted by atomic mass is 16.2. The van der Waals surface area contributed by atoms with Gasteiger partial charge >= 0.3 is 0 Å². The maximum Gasteiger partial charge on any atom is 0.238 e. The molecule has 1 heterocycles. The van der Waals surface area contributed by atoms with Crippen molar-refractivity contribution >= 4 is 11.6 Å². The number of nitrogens with zero attached hydrogens (tertiary/aromatic N) is 2. The molecule has 1 saturated heterocycles. The molecule has 2 aromatic carbocycles. The Kier molecular flexibility index (Phi) is 6.07. The summed E-state index contributed by atoms with van der Waals surface area (Å²) in [6, 6.07) is 14.8. The molecule has 1 aliphatic heterocycles. The summed E-state index contributed by atoms with van der Waals surface area (Å²) in [4.78, 5) is 17.1. The van der Waals surface area contributed by atoms with Gasteiger partial charge in [0.05, 0.1) is 6.54 Å². The third-order valence-corrected chi connectivity index (χ3v) is 5.24. The van der Waals surface area contributed by atoms with Crippen LogP contribution in [0.15, 0.2) is 42.5 Å². The Morgan fingerprint density at radius 1 is 0.923 bits per heavy atom. The molecule has 0 aliphatic carbocycles. The number of carbonyl (C=O) groups is 1. The monoisotopic (exact) mass is 351 g/mol. The van der Waals surface area contributed by atoms with Gasteiger partial charge < -0.3 is 5.32 Å². The zero-order valence-corrected chi connectivity index (χ0v) is 16.1. The zero-order valence-electron chi connectivity index (χ0n) is 16.1. The van der Waals surface area contributed by atoms with E-state index in [2.05, 4.69) is 66.2 Å². The van der Waals surface area contributed by atoms with Crippen molar-refractivity contribution in [2.75, 3.05) is 38.0 Å². The van der Waals surface area contributed by atoms with Gasteiger partial charge in [0, 0.05) is 38.4 Å². The highest BCUT2D eigenvalue weighted by molar-refractivity contribution is 5.93. The van der Waals surface area contributed by atoms with Crippen LogP contribution in [0.1, 0.15) is 22.3 Å². The highest BCUT2D eigenvalue weighted by Crippen LogP contribution is 2.18. The Hall–Kier alpha value is -2.17. The molecule has 26 heavy (non-hydrogen) atoms. The average Bonchev–Trinajstić information content (AvgIpc) is 2.62. The van der Waals surface area contributed by atoms with Gasteiger partial charge in [-0.1, -0.05) is 42.0 Å². The van der Waals surface area contributed by atoms with E-state index in [-0.39, 0.29) is 5.91 Å². The minimum Gasteiger partial charge on any atom is -0.325 e. The largest absolute Gasteiger partial charge is 0.325 e. The Morgan fingerprint density at radius 3 is 2.27 bits per heavy atom. The van der Waals surface area contributed by atoms with Gasteiger partial charge in [-0.05, 0) is 43.5 Å². The lowest BCUT2D eigenvalue weighted by molar-refractivity contribution is -0.117. The number of aryl methyl sites for hydroxylation is 2. The molecule has 4 heteroatoms. The maximum atomic E-state index is 12.4. The molecule has 1 aliphatic rings. The van der Waals surface area contributed by atoms with E-state index < -0.39 is 0 Å². The standard InChI is InChI=1S/C22H29N3O/c1-17-7-9-20(10-8-17)15-24-11-13-25(14-12-24)16-22(26)23-21-6-4-5-18(2)19(21)3/h4-10H,11-16H2,1-3H3,(H,23,26). The molecule has 2 aromatic rings. The number of anilines is 1. The molecule has 1 amide bonds. The molecule has 0 bridgehead atoms. The maximum absolute atomic E-state index is 12.4. The first kappa shape index (κ1) is 18.6. The van der Waals surface area contributed by atoms with Crippen LogP contribution in [0.5, 0.6) is 0 Å². The number of benzene rings is 2. The fourth-order valence-electron chi connectivity index (χ4n) is 3.34. The predicted octanol–water partition coefficient (Wildman–Crippen LogP) is 3.37. The van der Waals surface area contributed by atoms with Crippen molar-refractivity contribution in [2.45, 2.75) is 27.3 Å². The summed E-state index contributed by atoms with van der Waals surface area (Å²) >= 11 is 0. The molecule has 1 N–H and O–H groups in total. The van der Waals surface area contributed by atoms with Crippen molar-refractivity contribution in [2.24, 2.45) is 0 Å². The zero-order chi connectivity index (χ0) is 18.5. The van der Waals surface area contributed by atoms with Crippen molar-refractivity contribution in [3.8, 4) is 0 Å². The van der Waals surface area contributed by atoms with Crippen molar-refractivity contribution in [3.63, 3.8) is 0 Å². The number of rotatable bonds is 5. The van der Waals surface area contributed by atoms with Crippen LogP contribution in [-0.4, -0.2) is 48.4 Å². The van der Waals surface area contributed by atoms with E-state index in [1.807, 2.05) is 12.1 Å². The van der Waals surface area contributed by atoms with Gasteiger partial charge in [-0.2, -0.15) is 0 Å². The van der Waals surface area contributed by atoms with Gasteiger partial charge in [0.1, 0.15) is 0 Å². The summed E-state index contributed by atoms with van der Waals surface area (Å²) in [7, 11) is 0. The van der Waals surface area contributed by atoms with Gasteiger partial charge in [-0.25, -0.2) is 0 Å². The first-order valence-electron chi connectivity index (χ1n) is 9.37. The van der Waals surface area contributed by atoms with Crippen LogP contribution < -0.4 is 5.32 Å². The third-order valence-electron chi connectivity index (χ3n) is 5.24. The second kappa shape index (κ2) is 8.47. The SMILES string of the molecule is Cc1ccc(CN2CCN(CC(=O)Nc3cccc(C)c3C)CC2)cc1. The molecule has 4 nitrogen and oxygen atoms in total. The molecule has 0 aromatic heterocycles. The Balaban J connectivity index is 1.45. The molecule has 1 fully saturated rings. The summed E-state index contributed by atoms with van der Waals surface area (Å²) in [5.74, 6) is 0.0747. The molecular weight excluding hydrogens is 322 g/mol. The van der Waals surface area contributed by atoms with E-state index in [4.69, 9.17) is 0 Å². The molecule has 3 rings (SSSR count). The summed E-state index contributed by atoms with van der Waals surface area (Å²) in [6.07, 6.45) is 0. The van der Waals surface area contributed by atoms with Crippen LogP contribution in [0, 0.1) is 20.8 Å². The topological polar surface area (TPSA) is 35.6 Å². The van der Waals surface area contributed by atoms with Crippen molar-refractivity contribution in [1.82, 2.24) is 9.80 Å². The van der Waals surface area contributed by atoms with Crippen LogP contribution in [0.3, 0.4) is 0 Å². The van der Waals surface area contributed by atoms with Crippen molar-refractivity contribution in [1.29, 1.82) is 0 Å². The molecule has 0 radical (unpaired) electrons. The fraction of sp³-hybridized carbons (Fsp3) is 0.409. The lowest BCUT2D eigenvalue weighted by Gasteiger charge is -2.34. The van der Waals surface area contributed by atoms with E-state index in [0.717, 1.165) is 44.0 Å². The van der Waals surface area contributed by atoms with Crippen LogP contribution in [0.4, 0.5) is 5.69 Å². The van der Waals surface area contributed by atoms with Crippen LogP contribution in [0.25, 0.3) is 0 Å². The number of hydrogen-bond donors (Lipinski definition) is 1. The number of nitrogens with one attached hydrogen (secondary N) is 1. The minimum atomic E-state index is 0.0747. The summed E-state index contributed by atoms with van der Waals surface area (Å²) in [5.41, 5.74) is 5.93. The fourth-order valence-corrected chi connectivity index (χ4v) is 3.34. The Morgan fingerprint density at radius 2 is 1.58 bits per heavy atom. The van der Waals surface area contributed by atoms with Crippen molar-refractivity contribution < 1.29 is 4.79 Å². The van der Waals surface area contributed by atoms with Gasteiger partial charge in [0.15, 0.2) is 0 Å². The summed E-state index contributed by atoms with van der Waals surface area (Å²) in [5, 5.41) is 3.06. The first-order chi connectivity index (χ1) is 12.5. The smallest absolute Gasteiger partial charge is 0.238 e. The number of amides is 1. The van der Waals surface area contributed by atoms with Gasteiger partial charge in [0.25, 0.3) is 0 Å². The summed E-state index contributed by atoms with van der Waals surface area (Å²) in [6.45, 7) is 11.6. The molecule has 0 saturated carbocycles. The highest BCUT2D eigenvalue weighted by Gasteiger charge is 2.19. The number of piperazine rings is 1. The molecular formula is C22H29N3O. The Labute approximate surface area is 156 Å². The van der Waals surface area contributed by atoms with Crippen molar-refractivity contribution in [3.05, 3.63) is 64.7 Å². The van der Waals surface area contributed by atoms with Gasteiger partial charge in [0.2, 0.25) is 5.91 Å². The van der Waals surface area contributed by atoms with Crippen LogP contribution in [-0.2, 0) is 11.3 Å². The normalized spacial score (nSPS) is 15.8. The van der Waals surface area contributed by atoms with E-state index in [1.54, 1.807) is 0 Å². The predicted molar refractivity (Wildman–Crippen MR) is 107 cm³/mol. The molecule has 0 spiro atoms. The lowest BCUT2D eigenvalue weighted by Crippen LogP contribution is -2.48. The van der Waals surface area contributed by atoms with E-state index in [9.17, 15) is 4.79 Å². The van der Waals surface area contributed by atoms with Crippen LogP contribution >= 0.6 is 0 Å². The second-order valence-corrected chi connectivity index (χ2v) is 7.33. The first-order valence-corrected chi connectivity index (χ1v) is 9.37. The molecule has 138 valence electrons.